The summed E-state index contributed by atoms with van der Waals surface area (Å²) in [5, 5.41) is 4.10. The van der Waals surface area contributed by atoms with Crippen LogP contribution in [0.25, 0.3) is 0 Å². The summed E-state index contributed by atoms with van der Waals surface area (Å²) >= 11 is 0. The highest BCUT2D eigenvalue weighted by Gasteiger charge is 2.36. The van der Waals surface area contributed by atoms with E-state index in [-0.39, 0.29) is 0 Å². The molecule has 0 saturated carbocycles. The molecule has 2 bridgehead atoms. The molecule has 7 nitrogen and oxygen atoms in total. The van der Waals surface area contributed by atoms with E-state index in [0.717, 1.165) is 51.3 Å². The second kappa shape index (κ2) is 7.95. The Morgan fingerprint density at radius 2 is 2.15 bits per heavy atom. The molecule has 5 rings (SSSR count). The smallest absolute Gasteiger partial charge is 0.222 e. The van der Waals surface area contributed by atoms with Gasteiger partial charge in [0.1, 0.15) is 12.7 Å². The summed E-state index contributed by atoms with van der Waals surface area (Å²) in [5.41, 5.74) is 1.11. The zero-order valence-corrected chi connectivity index (χ0v) is 15.1. The molecule has 26 heavy (non-hydrogen) atoms. The lowest BCUT2D eigenvalue weighted by molar-refractivity contribution is -0.135. The lowest BCUT2D eigenvalue weighted by Crippen LogP contribution is -2.47. The first kappa shape index (κ1) is 17.1. The Balaban J connectivity index is 1.33. The predicted octanol–water partition coefficient (Wildman–Crippen LogP) is 1.58. The lowest BCUT2D eigenvalue weighted by atomic mass is 9.94. The van der Waals surface area contributed by atoms with Crippen molar-refractivity contribution in [3.63, 3.8) is 0 Å². The van der Waals surface area contributed by atoms with Gasteiger partial charge in [0.2, 0.25) is 5.91 Å². The van der Waals surface area contributed by atoms with E-state index in [2.05, 4.69) is 30.9 Å². The van der Waals surface area contributed by atoms with Crippen LogP contribution in [0.2, 0.25) is 0 Å². The summed E-state index contributed by atoms with van der Waals surface area (Å²) in [5.74, 6) is 0.872. The minimum atomic E-state index is 0.291. The molecule has 1 amide bonds. The van der Waals surface area contributed by atoms with Crippen LogP contribution in [0.3, 0.4) is 0 Å². The highest BCUT2D eigenvalue weighted by molar-refractivity contribution is 5.76. The third-order valence-corrected chi connectivity index (χ3v) is 5.47. The van der Waals surface area contributed by atoms with E-state index in [1.165, 1.54) is 12.7 Å². The van der Waals surface area contributed by atoms with Crippen molar-refractivity contribution in [2.45, 2.75) is 44.8 Å². The van der Waals surface area contributed by atoms with Crippen molar-refractivity contribution in [2.75, 3.05) is 19.6 Å². The molecular weight excluding hydrogens is 328 g/mol. The van der Waals surface area contributed by atoms with Gasteiger partial charge in [0.05, 0.1) is 5.69 Å². The number of aromatic nitrogens is 4. The van der Waals surface area contributed by atoms with Crippen molar-refractivity contribution < 1.29 is 4.79 Å². The number of nitrogens with zero attached hydrogens (tertiary/aromatic N) is 6. The topological polar surface area (TPSA) is 67.2 Å². The summed E-state index contributed by atoms with van der Waals surface area (Å²) in [4.78, 5) is 25.8. The van der Waals surface area contributed by atoms with E-state index in [1.807, 2.05) is 18.3 Å². The van der Waals surface area contributed by atoms with Crippen LogP contribution in [0.4, 0.5) is 0 Å². The van der Waals surface area contributed by atoms with E-state index in [0.29, 0.717) is 24.3 Å². The maximum absolute atomic E-state index is 12.8. The monoisotopic (exact) mass is 354 g/mol. The maximum atomic E-state index is 12.8. The largest absolute Gasteiger partial charge is 0.338 e. The predicted molar refractivity (Wildman–Crippen MR) is 97.0 cm³/mol. The maximum Gasteiger partial charge on any atom is 0.222 e. The van der Waals surface area contributed by atoms with Crippen molar-refractivity contribution in [2.24, 2.45) is 5.92 Å². The lowest BCUT2D eigenvalue weighted by Gasteiger charge is -2.36. The van der Waals surface area contributed by atoms with Crippen LogP contribution in [0.15, 0.2) is 37.1 Å². The van der Waals surface area contributed by atoms with Crippen LogP contribution in [0.5, 0.6) is 0 Å². The highest BCUT2D eigenvalue weighted by Crippen LogP contribution is 2.29. The van der Waals surface area contributed by atoms with Gasteiger partial charge in [0.15, 0.2) is 0 Å². The van der Waals surface area contributed by atoms with Gasteiger partial charge in [0, 0.05) is 51.4 Å². The fourth-order valence-corrected chi connectivity index (χ4v) is 4.22. The fourth-order valence-electron chi connectivity index (χ4n) is 4.22. The minimum absolute atomic E-state index is 0.291. The number of hydrogen-bond donors (Lipinski definition) is 0. The zero-order chi connectivity index (χ0) is 17.8. The molecule has 3 aliphatic heterocycles. The van der Waals surface area contributed by atoms with Crippen LogP contribution >= 0.6 is 0 Å². The first-order valence-corrected chi connectivity index (χ1v) is 9.52. The van der Waals surface area contributed by atoms with Gasteiger partial charge in [0.25, 0.3) is 0 Å². The van der Waals surface area contributed by atoms with Crippen LogP contribution in [0.1, 0.15) is 31.4 Å². The number of aryl methyl sites for hydroxylation is 1. The second-order valence-electron chi connectivity index (χ2n) is 7.42. The summed E-state index contributed by atoms with van der Waals surface area (Å²) in [6.45, 7) is 4.56. The Hall–Kier alpha value is -2.28. The van der Waals surface area contributed by atoms with Gasteiger partial charge >= 0.3 is 0 Å². The standard InChI is InChI=1S/C19H26N6O/c26-19(5-3-9-24-15-20-14-22-24)25-11-16-6-7-18(25)13-23(10-16)12-17-4-1-2-8-21-17/h1-2,4,8,14-16,18H,3,5-7,9-13H2/t16-,18+/m1/s1. The molecule has 0 spiro atoms. The van der Waals surface area contributed by atoms with Crippen molar-refractivity contribution >= 4 is 5.91 Å². The molecule has 3 fully saturated rings. The number of piperidine rings is 1. The molecule has 0 N–H and O–H groups in total. The molecule has 3 aliphatic rings. The SMILES string of the molecule is O=C(CCCn1cncn1)N1C[C@@H]2CC[C@H]1CN(Cc1ccccn1)C2. The summed E-state index contributed by atoms with van der Waals surface area (Å²) < 4.78 is 1.79. The number of fused-ring (bicyclic) bond motifs is 4. The molecule has 0 unspecified atom stereocenters. The first-order chi connectivity index (χ1) is 12.8. The Kier molecular flexibility index (Phi) is 5.24. The molecule has 2 aromatic rings. The normalized spacial score (nSPS) is 23.2. The Bertz CT molecular complexity index is 704. The average molecular weight is 354 g/mol. The third kappa shape index (κ3) is 4.09. The second-order valence-corrected chi connectivity index (χ2v) is 7.42. The molecule has 7 heteroatoms. The van der Waals surface area contributed by atoms with Gasteiger partial charge in [-0.1, -0.05) is 6.07 Å². The van der Waals surface area contributed by atoms with E-state index < -0.39 is 0 Å². The Labute approximate surface area is 154 Å². The van der Waals surface area contributed by atoms with Gasteiger partial charge in [-0.3, -0.25) is 19.4 Å². The van der Waals surface area contributed by atoms with Crippen molar-refractivity contribution in [3.8, 4) is 0 Å². The number of hydrogen-bond acceptors (Lipinski definition) is 5. The van der Waals surface area contributed by atoms with Crippen LogP contribution in [-0.2, 0) is 17.9 Å². The van der Waals surface area contributed by atoms with Gasteiger partial charge in [-0.2, -0.15) is 5.10 Å². The van der Waals surface area contributed by atoms with E-state index in [1.54, 1.807) is 11.0 Å². The number of rotatable bonds is 6. The van der Waals surface area contributed by atoms with Crippen molar-refractivity contribution in [1.29, 1.82) is 0 Å². The van der Waals surface area contributed by atoms with E-state index >= 15 is 0 Å². The molecule has 3 saturated heterocycles. The average Bonchev–Trinajstić information content (AvgIpc) is 3.02. The fraction of sp³-hybridized carbons (Fsp3) is 0.579. The first-order valence-electron chi connectivity index (χ1n) is 9.52. The van der Waals surface area contributed by atoms with E-state index in [4.69, 9.17) is 0 Å². The van der Waals surface area contributed by atoms with Gasteiger partial charge in [-0.25, -0.2) is 4.98 Å². The number of carbonyl (C=O) groups is 1. The minimum Gasteiger partial charge on any atom is -0.338 e. The van der Waals surface area contributed by atoms with Crippen LogP contribution in [0, 0.1) is 5.92 Å². The molecule has 138 valence electrons. The number of amides is 1. The molecule has 0 aromatic carbocycles. The van der Waals surface area contributed by atoms with Crippen LogP contribution in [-0.4, -0.2) is 61.1 Å². The number of pyridine rings is 1. The van der Waals surface area contributed by atoms with Crippen LogP contribution < -0.4 is 0 Å². The van der Waals surface area contributed by atoms with Gasteiger partial charge < -0.3 is 4.90 Å². The van der Waals surface area contributed by atoms with Gasteiger partial charge in [-0.05, 0) is 37.3 Å². The number of carbonyl (C=O) groups excluding carboxylic acids is 1. The molecule has 2 aromatic heterocycles. The zero-order valence-electron chi connectivity index (χ0n) is 15.1. The summed E-state index contributed by atoms with van der Waals surface area (Å²) in [6, 6.07) is 6.42. The third-order valence-electron chi connectivity index (χ3n) is 5.47. The molecule has 2 atom stereocenters. The highest BCUT2D eigenvalue weighted by atomic mass is 16.2. The Morgan fingerprint density at radius 3 is 2.96 bits per heavy atom. The molecule has 0 aliphatic carbocycles. The molecular formula is C19H26N6O. The summed E-state index contributed by atoms with van der Waals surface area (Å²) in [7, 11) is 0. The van der Waals surface area contributed by atoms with Crippen molar-refractivity contribution in [1.82, 2.24) is 29.5 Å². The summed E-state index contributed by atoms with van der Waals surface area (Å²) in [6.07, 6.45) is 8.84. The van der Waals surface area contributed by atoms with Gasteiger partial charge in [-0.15, -0.1) is 0 Å². The molecule has 0 radical (unpaired) electrons. The van der Waals surface area contributed by atoms with E-state index in [9.17, 15) is 4.79 Å². The Morgan fingerprint density at radius 1 is 1.19 bits per heavy atom. The molecule has 5 heterocycles. The van der Waals surface area contributed by atoms with Crippen molar-refractivity contribution in [3.05, 3.63) is 42.7 Å². The quantitative estimate of drug-likeness (QED) is 0.788.